The molecule has 1 atom stereocenters. The van der Waals surface area contributed by atoms with Gasteiger partial charge in [0.25, 0.3) is 0 Å². The van der Waals surface area contributed by atoms with Crippen molar-refractivity contribution >= 4 is 28.3 Å². The normalized spacial score (nSPS) is 11.6. The number of hydrogen-bond acceptors (Lipinski definition) is 5. The summed E-state index contributed by atoms with van der Waals surface area (Å²) in [5, 5.41) is 8.00. The molecule has 0 radical (unpaired) electrons. The van der Waals surface area contributed by atoms with Gasteiger partial charge in [0, 0.05) is 18.5 Å². The Hall–Kier alpha value is -3.13. The number of amides is 2. The molecule has 3 N–H and O–H groups in total. The number of methoxy groups -OCH3 is 1. The first-order valence-corrected chi connectivity index (χ1v) is 9.23. The highest BCUT2D eigenvalue weighted by Crippen LogP contribution is 2.25. The third kappa shape index (κ3) is 4.95. The van der Waals surface area contributed by atoms with E-state index in [9.17, 15) is 9.59 Å². The molecular weight excluding hydrogens is 364 g/mol. The number of H-pyrrole nitrogens is 1. The number of nitrogens with one attached hydrogen (secondary N) is 3. The van der Waals surface area contributed by atoms with Crippen LogP contribution in [0.2, 0.25) is 0 Å². The van der Waals surface area contributed by atoms with Crippen molar-refractivity contribution in [3.05, 3.63) is 53.5 Å². The zero-order valence-electron chi connectivity index (χ0n) is 15.0. The van der Waals surface area contributed by atoms with E-state index in [0.717, 1.165) is 17.0 Å². The zero-order chi connectivity index (χ0) is 19.2. The molecule has 0 aliphatic heterocycles. The van der Waals surface area contributed by atoms with Gasteiger partial charge in [0.05, 0.1) is 31.0 Å². The first kappa shape index (κ1) is 18.7. The Labute approximate surface area is 160 Å². The fraction of sp³-hybridized carbons (Fsp3) is 0.211. The SMILES string of the molecule is COc1ccc(C(CC(=O)Nc2nc(-c3ccc[nH]3)cs2)NC(C)=O)cc1. The molecule has 3 aromatic rings. The van der Waals surface area contributed by atoms with E-state index in [0.29, 0.717) is 10.9 Å². The molecule has 8 heteroatoms. The summed E-state index contributed by atoms with van der Waals surface area (Å²) in [7, 11) is 1.59. The highest BCUT2D eigenvalue weighted by molar-refractivity contribution is 7.14. The lowest BCUT2D eigenvalue weighted by Crippen LogP contribution is -2.29. The molecule has 2 heterocycles. The van der Waals surface area contributed by atoms with Crippen molar-refractivity contribution in [2.24, 2.45) is 0 Å². The molecule has 2 amide bonds. The van der Waals surface area contributed by atoms with Crippen molar-refractivity contribution in [1.82, 2.24) is 15.3 Å². The van der Waals surface area contributed by atoms with Crippen LogP contribution in [0.5, 0.6) is 5.75 Å². The Morgan fingerprint density at radius 2 is 2.04 bits per heavy atom. The Morgan fingerprint density at radius 3 is 2.67 bits per heavy atom. The highest BCUT2D eigenvalue weighted by atomic mass is 32.1. The lowest BCUT2D eigenvalue weighted by Gasteiger charge is -2.18. The zero-order valence-corrected chi connectivity index (χ0v) is 15.8. The van der Waals surface area contributed by atoms with Crippen LogP contribution in [0.3, 0.4) is 0 Å². The number of aromatic nitrogens is 2. The summed E-state index contributed by atoms with van der Waals surface area (Å²) in [4.78, 5) is 31.5. The molecule has 140 valence electrons. The molecule has 0 saturated heterocycles. The van der Waals surface area contributed by atoms with E-state index in [1.54, 1.807) is 19.2 Å². The van der Waals surface area contributed by atoms with E-state index in [-0.39, 0.29) is 18.2 Å². The minimum atomic E-state index is -0.434. The molecule has 0 bridgehead atoms. The quantitative estimate of drug-likeness (QED) is 0.582. The van der Waals surface area contributed by atoms with Gasteiger partial charge in [-0.25, -0.2) is 4.98 Å². The molecule has 1 aromatic carbocycles. The third-order valence-electron chi connectivity index (χ3n) is 3.91. The number of aromatic amines is 1. The van der Waals surface area contributed by atoms with Gasteiger partial charge in [-0.3, -0.25) is 9.59 Å². The van der Waals surface area contributed by atoms with Crippen molar-refractivity contribution < 1.29 is 14.3 Å². The van der Waals surface area contributed by atoms with E-state index < -0.39 is 6.04 Å². The van der Waals surface area contributed by atoms with Gasteiger partial charge in [-0.05, 0) is 29.8 Å². The van der Waals surface area contributed by atoms with Crippen molar-refractivity contribution in [1.29, 1.82) is 0 Å². The molecule has 0 aliphatic rings. The van der Waals surface area contributed by atoms with Gasteiger partial charge in [-0.1, -0.05) is 12.1 Å². The number of thiazole rings is 1. The second-order valence-electron chi connectivity index (χ2n) is 5.90. The van der Waals surface area contributed by atoms with Gasteiger partial charge < -0.3 is 20.4 Å². The molecule has 2 aromatic heterocycles. The largest absolute Gasteiger partial charge is 0.497 e. The highest BCUT2D eigenvalue weighted by Gasteiger charge is 2.18. The molecule has 1 unspecified atom stereocenters. The summed E-state index contributed by atoms with van der Waals surface area (Å²) in [6.45, 7) is 1.43. The average Bonchev–Trinajstić information content (AvgIpc) is 3.32. The van der Waals surface area contributed by atoms with Crippen molar-refractivity contribution in [3.8, 4) is 17.1 Å². The summed E-state index contributed by atoms with van der Waals surface area (Å²) >= 11 is 1.35. The maximum absolute atomic E-state index is 12.5. The predicted molar refractivity (Wildman–Crippen MR) is 105 cm³/mol. The number of ether oxygens (including phenoxy) is 1. The lowest BCUT2D eigenvalue weighted by atomic mass is 10.0. The Morgan fingerprint density at radius 1 is 1.26 bits per heavy atom. The number of benzene rings is 1. The first-order valence-electron chi connectivity index (χ1n) is 8.35. The molecular formula is C19H20N4O3S. The number of anilines is 1. The van der Waals surface area contributed by atoms with Crippen LogP contribution >= 0.6 is 11.3 Å². The second kappa shape index (κ2) is 8.50. The summed E-state index contributed by atoms with van der Waals surface area (Å²) in [5.74, 6) is 0.285. The summed E-state index contributed by atoms with van der Waals surface area (Å²) in [5.41, 5.74) is 2.49. The summed E-state index contributed by atoms with van der Waals surface area (Å²) in [6, 6.07) is 10.6. The Balaban J connectivity index is 1.67. The number of carbonyl (C=O) groups excluding carboxylic acids is 2. The topological polar surface area (TPSA) is 96.1 Å². The van der Waals surface area contributed by atoms with Gasteiger partial charge in [-0.2, -0.15) is 0 Å². The number of nitrogens with zero attached hydrogens (tertiary/aromatic N) is 1. The summed E-state index contributed by atoms with van der Waals surface area (Å²) < 4.78 is 5.15. The predicted octanol–water partition coefficient (Wildman–Crippen LogP) is 3.35. The fourth-order valence-corrected chi connectivity index (χ4v) is 3.36. The van der Waals surface area contributed by atoms with Crippen LogP contribution in [0.4, 0.5) is 5.13 Å². The molecule has 3 rings (SSSR count). The first-order chi connectivity index (χ1) is 13.0. The van der Waals surface area contributed by atoms with Crippen LogP contribution in [-0.4, -0.2) is 28.9 Å². The maximum atomic E-state index is 12.5. The molecule has 0 aliphatic carbocycles. The van der Waals surface area contributed by atoms with Crippen molar-refractivity contribution in [3.63, 3.8) is 0 Å². The molecule has 0 fully saturated rings. The number of rotatable bonds is 7. The Kier molecular flexibility index (Phi) is 5.87. The maximum Gasteiger partial charge on any atom is 0.228 e. The van der Waals surface area contributed by atoms with Crippen LogP contribution in [0.1, 0.15) is 24.9 Å². The number of hydrogen-bond donors (Lipinski definition) is 3. The van der Waals surface area contributed by atoms with Gasteiger partial charge in [0.2, 0.25) is 11.8 Å². The third-order valence-corrected chi connectivity index (χ3v) is 4.67. The number of carbonyl (C=O) groups is 2. The van der Waals surface area contributed by atoms with Crippen LogP contribution in [0.15, 0.2) is 48.0 Å². The van der Waals surface area contributed by atoms with Gasteiger partial charge in [0.15, 0.2) is 5.13 Å². The minimum Gasteiger partial charge on any atom is -0.497 e. The molecule has 0 spiro atoms. The van der Waals surface area contributed by atoms with Gasteiger partial charge in [0.1, 0.15) is 5.75 Å². The van der Waals surface area contributed by atoms with E-state index in [2.05, 4.69) is 20.6 Å². The second-order valence-corrected chi connectivity index (χ2v) is 6.76. The van der Waals surface area contributed by atoms with E-state index in [4.69, 9.17) is 4.74 Å². The fourth-order valence-electron chi connectivity index (χ4n) is 2.63. The monoisotopic (exact) mass is 384 g/mol. The van der Waals surface area contributed by atoms with Crippen LogP contribution in [0.25, 0.3) is 11.4 Å². The van der Waals surface area contributed by atoms with Crippen LogP contribution in [0, 0.1) is 0 Å². The van der Waals surface area contributed by atoms with Gasteiger partial charge in [-0.15, -0.1) is 11.3 Å². The summed E-state index contributed by atoms with van der Waals surface area (Å²) in [6.07, 6.45) is 1.92. The van der Waals surface area contributed by atoms with E-state index in [1.165, 1.54) is 18.3 Å². The van der Waals surface area contributed by atoms with E-state index in [1.807, 2.05) is 35.8 Å². The smallest absolute Gasteiger partial charge is 0.228 e. The van der Waals surface area contributed by atoms with Gasteiger partial charge >= 0.3 is 0 Å². The molecule has 0 saturated carbocycles. The molecule has 27 heavy (non-hydrogen) atoms. The Bertz CT molecular complexity index is 903. The van der Waals surface area contributed by atoms with E-state index >= 15 is 0 Å². The lowest BCUT2D eigenvalue weighted by molar-refractivity contribution is -0.120. The average molecular weight is 384 g/mol. The van der Waals surface area contributed by atoms with Crippen LogP contribution in [-0.2, 0) is 9.59 Å². The van der Waals surface area contributed by atoms with Crippen molar-refractivity contribution in [2.75, 3.05) is 12.4 Å². The standard InChI is InChI=1S/C19H20N4O3S/c1-12(24)21-16(13-5-7-14(26-2)8-6-13)10-18(25)23-19-22-17(11-27-19)15-4-3-9-20-15/h3-9,11,16,20H,10H2,1-2H3,(H,21,24)(H,22,23,25). The van der Waals surface area contributed by atoms with Crippen LogP contribution < -0.4 is 15.4 Å². The van der Waals surface area contributed by atoms with Crippen molar-refractivity contribution in [2.45, 2.75) is 19.4 Å². The minimum absolute atomic E-state index is 0.101. The molecule has 7 nitrogen and oxygen atoms in total.